The van der Waals surface area contributed by atoms with Crippen molar-refractivity contribution in [3.8, 4) is 0 Å². The van der Waals surface area contributed by atoms with E-state index in [9.17, 15) is 14.0 Å². The summed E-state index contributed by atoms with van der Waals surface area (Å²) in [5, 5.41) is 15.5. The fourth-order valence-electron chi connectivity index (χ4n) is 3.06. The Morgan fingerprint density at radius 2 is 2.10 bits per heavy atom. The number of nitrogens with one attached hydrogen (secondary N) is 4. The Morgan fingerprint density at radius 3 is 2.81 bits per heavy atom. The van der Waals surface area contributed by atoms with Crippen LogP contribution in [-0.2, 0) is 11.3 Å². The van der Waals surface area contributed by atoms with Crippen molar-refractivity contribution in [2.45, 2.75) is 25.4 Å². The number of urea groups is 1. The number of hydrogen-bond donors (Lipinski definition) is 4. The zero-order chi connectivity index (χ0) is 21.5. The lowest BCUT2D eigenvalue weighted by Crippen LogP contribution is -2.22. The minimum Gasteiger partial charge on any atom is -0.351 e. The van der Waals surface area contributed by atoms with E-state index in [0.717, 1.165) is 12.8 Å². The van der Waals surface area contributed by atoms with Crippen LogP contribution >= 0.6 is 11.6 Å². The largest absolute Gasteiger partial charge is 0.351 e. The second kappa shape index (κ2) is 7.51. The van der Waals surface area contributed by atoms with E-state index >= 15 is 0 Å². The molecule has 158 valence electrons. The number of fused-ring (bicyclic) bond motifs is 1. The first kappa shape index (κ1) is 19.2. The maximum absolute atomic E-state index is 14.1. The maximum atomic E-state index is 14.1. The first-order chi connectivity index (χ1) is 15.0. The summed E-state index contributed by atoms with van der Waals surface area (Å²) >= 11 is 5.81. The van der Waals surface area contributed by atoms with E-state index in [1.807, 2.05) is 0 Å². The Morgan fingerprint density at radius 1 is 1.26 bits per heavy atom. The van der Waals surface area contributed by atoms with E-state index in [2.05, 4.69) is 36.3 Å². The van der Waals surface area contributed by atoms with Gasteiger partial charge in [-0.25, -0.2) is 9.18 Å². The molecule has 1 aromatic carbocycles. The molecule has 0 radical (unpaired) electrons. The number of nitrogens with zero attached hydrogens (tertiary/aromatic N) is 4. The Labute approximate surface area is 179 Å². The van der Waals surface area contributed by atoms with Crippen LogP contribution in [0.3, 0.4) is 0 Å². The van der Waals surface area contributed by atoms with Crippen molar-refractivity contribution >= 4 is 47.2 Å². The van der Waals surface area contributed by atoms with Crippen molar-refractivity contribution in [2.75, 3.05) is 10.6 Å². The molecule has 1 aliphatic heterocycles. The second-order valence-electron chi connectivity index (χ2n) is 7.18. The summed E-state index contributed by atoms with van der Waals surface area (Å²) in [7, 11) is 0. The second-order valence-corrected chi connectivity index (χ2v) is 7.62. The van der Waals surface area contributed by atoms with Gasteiger partial charge in [0.25, 0.3) is 5.91 Å². The quantitative estimate of drug-likeness (QED) is 0.341. The normalized spacial score (nSPS) is 17.2. The van der Waals surface area contributed by atoms with Gasteiger partial charge in [-0.15, -0.1) is 0 Å². The first-order valence-corrected chi connectivity index (χ1v) is 9.88. The standard InChI is InChI=1S/C19H16ClFN8O2/c20-11-2-1-9(13(21)6-11)7-22-17-26-15-10(5-14-16(30)27-19(31)25-14)8-23-29(15)18(28-17)24-12-3-4-12/h1-2,5-6,8,12H,3-4,7H2,(H2,22,24,26,28)(H2,25,27,30,31)/b14-5-. The van der Waals surface area contributed by atoms with Crippen LogP contribution in [0.5, 0.6) is 0 Å². The summed E-state index contributed by atoms with van der Waals surface area (Å²) in [6.45, 7) is 0.144. The molecule has 2 aromatic heterocycles. The molecule has 31 heavy (non-hydrogen) atoms. The Kier molecular flexibility index (Phi) is 4.66. The first-order valence-electron chi connectivity index (χ1n) is 9.50. The molecular formula is C19H16ClFN8O2. The molecule has 0 bridgehead atoms. The van der Waals surface area contributed by atoms with Crippen molar-refractivity contribution < 1.29 is 14.0 Å². The van der Waals surface area contributed by atoms with Crippen molar-refractivity contribution in [1.29, 1.82) is 0 Å². The number of imide groups is 1. The molecule has 0 unspecified atom stereocenters. The number of rotatable bonds is 6. The zero-order valence-electron chi connectivity index (χ0n) is 15.9. The molecule has 3 aromatic rings. The topological polar surface area (TPSA) is 125 Å². The lowest BCUT2D eigenvalue weighted by Gasteiger charge is -2.11. The predicted octanol–water partition coefficient (Wildman–Crippen LogP) is 2.28. The third-order valence-corrected chi connectivity index (χ3v) is 5.01. The summed E-state index contributed by atoms with van der Waals surface area (Å²) < 4.78 is 15.6. The number of carbonyl (C=O) groups is 2. The van der Waals surface area contributed by atoms with Crippen molar-refractivity contribution in [2.24, 2.45) is 0 Å². The van der Waals surface area contributed by atoms with Gasteiger partial charge < -0.3 is 16.0 Å². The highest BCUT2D eigenvalue weighted by molar-refractivity contribution is 6.30. The van der Waals surface area contributed by atoms with Crippen LogP contribution in [0.4, 0.5) is 21.1 Å². The van der Waals surface area contributed by atoms with Gasteiger partial charge in [-0.3, -0.25) is 10.1 Å². The van der Waals surface area contributed by atoms with E-state index in [4.69, 9.17) is 11.6 Å². The van der Waals surface area contributed by atoms with Gasteiger partial charge in [0.05, 0.1) is 6.20 Å². The lowest BCUT2D eigenvalue weighted by molar-refractivity contribution is -0.115. The Hall–Kier alpha value is -3.73. The van der Waals surface area contributed by atoms with Crippen molar-refractivity contribution in [3.05, 3.63) is 52.1 Å². The highest BCUT2D eigenvalue weighted by Crippen LogP contribution is 2.26. The third kappa shape index (κ3) is 3.99. The number of aromatic nitrogens is 4. The summed E-state index contributed by atoms with van der Waals surface area (Å²) in [6.07, 6.45) is 5.05. The van der Waals surface area contributed by atoms with Crippen LogP contribution in [0.1, 0.15) is 24.0 Å². The molecule has 3 heterocycles. The molecule has 0 atom stereocenters. The van der Waals surface area contributed by atoms with E-state index in [0.29, 0.717) is 33.8 Å². The lowest BCUT2D eigenvalue weighted by atomic mass is 10.2. The van der Waals surface area contributed by atoms with Crippen LogP contribution in [0.2, 0.25) is 5.02 Å². The SMILES string of the molecule is O=C1NC(=O)/C(=C/c2cnn3c(NC4CC4)nc(NCc4ccc(Cl)cc4F)nc23)N1. The smallest absolute Gasteiger partial charge is 0.326 e. The van der Waals surface area contributed by atoms with E-state index in [1.165, 1.54) is 22.9 Å². The minimum absolute atomic E-state index is 0.0907. The van der Waals surface area contributed by atoms with E-state index < -0.39 is 17.8 Å². The number of carbonyl (C=O) groups excluding carboxylic acids is 2. The fraction of sp³-hybridized carbons (Fsp3) is 0.211. The summed E-state index contributed by atoms with van der Waals surface area (Å²) in [6, 6.07) is 4.14. The van der Waals surface area contributed by atoms with E-state index in [1.54, 1.807) is 12.1 Å². The monoisotopic (exact) mass is 442 g/mol. The van der Waals surface area contributed by atoms with Gasteiger partial charge in [-0.05, 0) is 31.1 Å². The van der Waals surface area contributed by atoms with Gasteiger partial charge in [0.2, 0.25) is 11.9 Å². The average molecular weight is 443 g/mol. The molecule has 4 N–H and O–H groups in total. The fourth-order valence-corrected chi connectivity index (χ4v) is 3.22. The Balaban J connectivity index is 1.49. The number of hydrogen-bond acceptors (Lipinski definition) is 7. The molecule has 1 aliphatic carbocycles. The number of amides is 3. The molecule has 3 amide bonds. The van der Waals surface area contributed by atoms with Crippen molar-refractivity contribution in [1.82, 2.24) is 30.2 Å². The highest BCUT2D eigenvalue weighted by atomic mass is 35.5. The van der Waals surface area contributed by atoms with Gasteiger partial charge in [-0.2, -0.15) is 19.6 Å². The highest BCUT2D eigenvalue weighted by Gasteiger charge is 2.26. The number of halogens is 2. The molecular weight excluding hydrogens is 427 g/mol. The average Bonchev–Trinajstić information content (AvgIpc) is 3.36. The van der Waals surface area contributed by atoms with Crippen LogP contribution < -0.4 is 21.3 Å². The summed E-state index contributed by atoms with van der Waals surface area (Å²) in [5.41, 5.74) is 1.42. The number of anilines is 2. The number of benzene rings is 1. The molecule has 2 fully saturated rings. The van der Waals surface area contributed by atoms with Crippen LogP contribution in [0.25, 0.3) is 11.7 Å². The predicted molar refractivity (Wildman–Crippen MR) is 111 cm³/mol. The maximum Gasteiger partial charge on any atom is 0.326 e. The molecule has 5 rings (SSSR count). The third-order valence-electron chi connectivity index (χ3n) is 4.78. The molecule has 1 saturated heterocycles. The molecule has 2 aliphatic rings. The van der Waals surface area contributed by atoms with Crippen LogP contribution in [-0.4, -0.2) is 37.6 Å². The van der Waals surface area contributed by atoms with Crippen molar-refractivity contribution in [3.63, 3.8) is 0 Å². The molecule has 12 heteroatoms. The van der Waals surface area contributed by atoms with Gasteiger partial charge in [0.15, 0.2) is 5.65 Å². The summed E-state index contributed by atoms with van der Waals surface area (Å²) in [5.74, 6) is -0.248. The zero-order valence-corrected chi connectivity index (χ0v) is 16.7. The Bertz CT molecular complexity index is 1250. The van der Waals surface area contributed by atoms with Gasteiger partial charge in [0.1, 0.15) is 11.5 Å². The van der Waals surface area contributed by atoms with Gasteiger partial charge in [0, 0.05) is 28.7 Å². The molecule has 10 nitrogen and oxygen atoms in total. The molecule has 0 spiro atoms. The minimum atomic E-state index is -0.592. The van der Waals surface area contributed by atoms with E-state index in [-0.39, 0.29) is 18.2 Å². The van der Waals surface area contributed by atoms with Crippen LogP contribution in [0.15, 0.2) is 30.1 Å². The molecule has 1 saturated carbocycles. The van der Waals surface area contributed by atoms with Gasteiger partial charge in [-0.1, -0.05) is 17.7 Å². The summed E-state index contributed by atoms with van der Waals surface area (Å²) in [4.78, 5) is 32.2. The van der Waals surface area contributed by atoms with Gasteiger partial charge >= 0.3 is 6.03 Å². The van der Waals surface area contributed by atoms with Crippen LogP contribution in [0, 0.1) is 5.82 Å².